The topological polar surface area (TPSA) is 58.2 Å². The zero-order valence-electron chi connectivity index (χ0n) is 14.9. The van der Waals surface area contributed by atoms with Gasteiger partial charge in [-0.1, -0.05) is 53.6 Å². The molecule has 2 aromatic carbocycles. The molecule has 0 aromatic heterocycles. The molecule has 4 rings (SSSR count). The monoisotopic (exact) mass is 434 g/mol. The molecule has 1 saturated heterocycles. The summed E-state index contributed by atoms with van der Waals surface area (Å²) in [5.41, 5.74) is 1.53. The number of rotatable bonds is 2. The SMILES string of the molecule is C=C(C)[C@H]1NC(=O)[C@@H](Cl)[C@@H](c2cccc(Cl)c2)[C@]12C(=O)Nc1cc(Cl)ccc12. The summed E-state index contributed by atoms with van der Waals surface area (Å²) < 4.78 is 0. The highest BCUT2D eigenvalue weighted by atomic mass is 35.5. The Morgan fingerprint density at radius 3 is 2.50 bits per heavy atom. The number of hydrogen-bond acceptors (Lipinski definition) is 2. The van der Waals surface area contributed by atoms with E-state index in [4.69, 9.17) is 34.8 Å². The van der Waals surface area contributed by atoms with Gasteiger partial charge in [0.15, 0.2) is 0 Å². The van der Waals surface area contributed by atoms with Gasteiger partial charge in [-0.15, -0.1) is 11.6 Å². The fourth-order valence-electron chi connectivity index (χ4n) is 4.47. The summed E-state index contributed by atoms with van der Waals surface area (Å²) in [5, 5.41) is 5.86. The summed E-state index contributed by atoms with van der Waals surface area (Å²) in [6.45, 7) is 5.83. The van der Waals surface area contributed by atoms with E-state index in [1.54, 1.807) is 37.3 Å². The third-order valence-electron chi connectivity index (χ3n) is 5.53. The fraction of sp³-hybridized carbons (Fsp3) is 0.238. The second-order valence-electron chi connectivity index (χ2n) is 7.24. The van der Waals surface area contributed by atoms with Crippen LogP contribution in [-0.2, 0) is 15.0 Å². The van der Waals surface area contributed by atoms with Gasteiger partial charge >= 0.3 is 0 Å². The van der Waals surface area contributed by atoms with Crippen LogP contribution in [0.3, 0.4) is 0 Å². The molecule has 1 fully saturated rings. The smallest absolute Gasteiger partial charge is 0.239 e. The zero-order valence-corrected chi connectivity index (χ0v) is 17.2. The van der Waals surface area contributed by atoms with Crippen LogP contribution in [0.4, 0.5) is 5.69 Å². The highest BCUT2D eigenvalue weighted by Crippen LogP contribution is 2.55. The minimum atomic E-state index is -1.17. The summed E-state index contributed by atoms with van der Waals surface area (Å²) in [6.07, 6.45) is 0. The average Bonchev–Trinajstić information content (AvgIpc) is 2.90. The maximum absolute atomic E-state index is 13.5. The van der Waals surface area contributed by atoms with E-state index in [1.165, 1.54) is 0 Å². The van der Waals surface area contributed by atoms with Crippen LogP contribution in [0, 0.1) is 0 Å². The Balaban J connectivity index is 2.05. The van der Waals surface area contributed by atoms with Gasteiger partial charge in [-0.25, -0.2) is 0 Å². The van der Waals surface area contributed by atoms with Crippen LogP contribution in [0.2, 0.25) is 10.0 Å². The van der Waals surface area contributed by atoms with Crippen molar-refractivity contribution in [1.29, 1.82) is 0 Å². The van der Waals surface area contributed by atoms with E-state index in [0.29, 0.717) is 26.9 Å². The van der Waals surface area contributed by atoms with Crippen molar-refractivity contribution in [3.8, 4) is 0 Å². The van der Waals surface area contributed by atoms with Gasteiger partial charge in [0, 0.05) is 21.7 Å². The number of alkyl halides is 1. The number of carbonyl (C=O) groups excluding carboxylic acids is 2. The second kappa shape index (κ2) is 6.80. The predicted octanol–water partition coefficient (Wildman–Crippen LogP) is 4.65. The van der Waals surface area contributed by atoms with Gasteiger partial charge in [0.1, 0.15) is 10.8 Å². The molecular formula is C21H17Cl3N2O2. The highest BCUT2D eigenvalue weighted by Gasteiger charge is 2.63. The van der Waals surface area contributed by atoms with Gasteiger partial charge in [-0.2, -0.15) is 0 Å². The Kier molecular flexibility index (Phi) is 4.69. The van der Waals surface area contributed by atoms with E-state index in [1.807, 2.05) is 12.1 Å². The van der Waals surface area contributed by atoms with Crippen LogP contribution in [0.25, 0.3) is 0 Å². The molecule has 0 saturated carbocycles. The first-order valence-electron chi connectivity index (χ1n) is 8.73. The standard InChI is InChI=1S/C21H17Cl3N2O2/c1-10(2)18-21(14-7-6-13(23)9-15(14)25-20(21)28)16(17(24)19(27)26-18)11-4-3-5-12(22)8-11/h3-9,16-18H,1H2,2H3,(H,25,28)(H,26,27)/t16-,17+,18-,21+/m1/s1. The first-order chi connectivity index (χ1) is 13.3. The Labute approximate surface area is 177 Å². The number of nitrogens with one attached hydrogen (secondary N) is 2. The van der Waals surface area contributed by atoms with Crippen LogP contribution >= 0.6 is 34.8 Å². The van der Waals surface area contributed by atoms with E-state index in [2.05, 4.69) is 17.2 Å². The van der Waals surface area contributed by atoms with E-state index in [0.717, 1.165) is 5.56 Å². The first-order valence-corrected chi connectivity index (χ1v) is 9.93. The molecule has 144 valence electrons. The number of carbonyl (C=O) groups is 2. The number of halogens is 3. The number of benzene rings is 2. The molecule has 2 aliphatic heterocycles. The van der Waals surface area contributed by atoms with Crippen molar-refractivity contribution in [1.82, 2.24) is 5.32 Å². The van der Waals surface area contributed by atoms with Crippen LogP contribution in [0.1, 0.15) is 24.0 Å². The summed E-state index contributed by atoms with van der Waals surface area (Å²) in [7, 11) is 0. The minimum Gasteiger partial charge on any atom is -0.347 e. The molecule has 0 unspecified atom stereocenters. The molecule has 7 heteroatoms. The van der Waals surface area contributed by atoms with E-state index < -0.39 is 22.8 Å². The normalized spacial score (nSPS) is 28.6. The van der Waals surface area contributed by atoms with Crippen molar-refractivity contribution >= 4 is 52.3 Å². The van der Waals surface area contributed by atoms with E-state index in [9.17, 15) is 9.59 Å². The molecular weight excluding hydrogens is 419 g/mol. The highest BCUT2D eigenvalue weighted by molar-refractivity contribution is 6.33. The van der Waals surface area contributed by atoms with Gasteiger partial charge < -0.3 is 10.6 Å². The number of piperidine rings is 1. The molecule has 4 atom stereocenters. The van der Waals surface area contributed by atoms with Gasteiger partial charge in [0.05, 0.1) is 6.04 Å². The largest absolute Gasteiger partial charge is 0.347 e. The number of anilines is 1. The quantitative estimate of drug-likeness (QED) is 0.533. The van der Waals surface area contributed by atoms with E-state index >= 15 is 0 Å². The maximum Gasteiger partial charge on any atom is 0.239 e. The van der Waals surface area contributed by atoms with Crippen molar-refractivity contribution in [2.45, 2.75) is 29.7 Å². The summed E-state index contributed by atoms with van der Waals surface area (Å²) in [5.74, 6) is -1.25. The van der Waals surface area contributed by atoms with Gasteiger partial charge in [-0.3, -0.25) is 9.59 Å². The number of amides is 2. The van der Waals surface area contributed by atoms with Crippen LogP contribution in [0.15, 0.2) is 54.6 Å². The molecule has 0 bridgehead atoms. The molecule has 4 nitrogen and oxygen atoms in total. The van der Waals surface area contributed by atoms with Crippen molar-refractivity contribution < 1.29 is 9.59 Å². The van der Waals surface area contributed by atoms with Gasteiger partial charge in [0.25, 0.3) is 0 Å². The maximum atomic E-state index is 13.5. The number of fused-ring (bicyclic) bond motifs is 2. The lowest BCUT2D eigenvalue weighted by Crippen LogP contribution is -2.66. The summed E-state index contributed by atoms with van der Waals surface area (Å²) in [4.78, 5) is 26.2. The third kappa shape index (κ3) is 2.66. The molecule has 2 aliphatic rings. The predicted molar refractivity (Wildman–Crippen MR) is 112 cm³/mol. The zero-order chi connectivity index (χ0) is 20.2. The summed E-state index contributed by atoms with van der Waals surface area (Å²) in [6, 6.07) is 11.7. The van der Waals surface area contributed by atoms with Gasteiger partial charge in [-0.05, 0) is 42.3 Å². The van der Waals surface area contributed by atoms with Gasteiger partial charge in [0.2, 0.25) is 11.8 Å². The van der Waals surface area contributed by atoms with Crippen molar-refractivity contribution in [3.05, 3.63) is 75.8 Å². The number of hydrogen-bond donors (Lipinski definition) is 2. The lowest BCUT2D eigenvalue weighted by Gasteiger charge is -2.48. The molecule has 0 radical (unpaired) electrons. The Morgan fingerprint density at radius 2 is 1.82 bits per heavy atom. The Morgan fingerprint density at radius 1 is 1.11 bits per heavy atom. The second-order valence-corrected chi connectivity index (χ2v) is 8.58. The first kappa shape index (κ1) is 19.3. The van der Waals surface area contributed by atoms with Crippen LogP contribution < -0.4 is 10.6 Å². The van der Waals surface area contributed by atoms with Crippen LogP contribution in [-0.4, -0.2) is 23.2 Å². The average molecular weight is 436 g/mol. The fourth-order valence-corrected chi connectivity index (χ4v) is 5.24. The lowest BCUT2D eigenvalue weighted by molar-refractivity contribution is -0.130. The van der Waals surface area contributed by atoms with Crippen molar-refractivity contribution in [2.24, 2.45) is 0 Å². The lowest BCUT2D eigenvalue weighted by atomic mass is 9.59. The molecule has 2 N–H and O–H groups in total. The molecule has 2 heterocycles. The third-order valence-corrected chi connectivity index (χ3v) is 6.45. The van der Waals surface area contributed by atoms with Crippen molar-refractivity contribution in [3.63, 3.8) is 0 Å². The molecule has 0 aliphatic carbocycles. The molecule has 28 heavy (non-hydrogen) atoms. The molecule has 2 aromatic rings. The Hall–Kier alpha value is -2.01. The minimum absolute atomic E-state index is 0.256. The van der Waals surface area contributed by atoms with Crippen molar-refractivity contribution in [2.75, 3.05) is 5.32 Å². The molecule has 2 amide bonds. The Bertz CT molecular complexity index is 1020. The molecule has 1 spiro atoms. The van der Waals surface area contributed by atoms with Crippen LogP contribution in [0.5, 0.6) is 0 Å². The van der Waals surface area contributed by atoms with E-state index in [-0.39, 0.29) is 11.8 Å². The summed E-state index contributed by atoms with van der Waals surface area (Å²) >= 11 is 19.0.